The Morgan fingerprint density at radius 2 is 2.15 bits per heavy atom. The second kappa shape index (κ2) is 6.11. The summed E-state index contributed by atoms with van der Waals surface area (Å²) in [6, 6.07) is 2.78. The number of ether oxygens (including phenoxy) is 1. The number of amides is 2. The van der Waals surface area contributed by atoms with Gasteiger partial charge in [-0.05, 0) is 52.8 Å². The first kappa shape index (κ1) is 15.3. The average molecular weight is 376 g/mol. The second-order valence-electron chi connectivity index (χ2n) is 3.89. The maximum atomic E-state index is 12.2. The van der Waals surface area contributed by atoms with Gasteiger partial charge in [-0.2, -0.15) is 0 Å². The standard InChI is InChI=1S/C12H10BrNO4S2/c1-6(11(16)18-2)14-10(15)8(20-12(14)17)5-7-3-4-9(13)19-7/h3-6H,1-2H3/b8-5+/t6-/m1/s1. The van der Waals surface area contributed by atoms with Gasteiger partial charge in [0.05, 0.1) is 15.8 Å². The third-order valence-electron chi connectivity index (χ3n) is 2.62. The molecular formula is C12H10BrNO4S2. The highest BCUT2D eigenvalue weighted by molar-refractivity contribution is 9.11. The molecule has 1 aliphatic rings. The maximum Gasteiger partial charge on any atom is 0.328 e. The number of hydrogen-bond donors (Lipinski definition) is 0. The highest BCUT2D eigenvalue weighted by Crippen LogP contribution is 2.35. The summed E-state index contributed by atoms with van der Waals surface area (Å²) in [5.41, 5.74) is 0. The third kappa shape index (κ3) is 2.97. The molecule has 0 saturated carbocycles. The SMILES string of the molecule is COC(=O)[C@@H](C)N1C(=O)S/C(=C/c2ccc(Br)s2)C1=O. The lowest BCUT2D eigenvalue weighted by Crippen LogP contribution is -2.42. The number of hydrogen-bond acceptors (Lipinski definition) is 6. The van der Waals surface area contributed by atoms with Crippen LogP contribution >= 0.6 is 39.0 Å². The van der Waals surface area contributed by atoms with E-state index in [2.05, 4.69) is 20.7 Å². The van der Waals surface area contributed by atoms with E-state index in [1.54, 1.807) is 6.08 Å². The van der Waals surface area contributed by atoms with Crippen LogP contribution in [0.15, 0.2) is 20.8 Å². The number of rotatable bonds is 3. The molecule has 1 aliphatic heterocycles. The zero-order chi connectivity index (χ0) is 14.9. The van der Waals surface area contributed by atoms with E-state index in [0.717, 1.165) is 25.3 Å². The molecule has 0 radical (unpaired) electrons. The zero-order valence-electron chi connectivity index (χ0n) is 10.6. The van der Waals surface area contributed by atoms with E-state index in [1.807, 2.05) is 12.1 Å². The Balaban J connectivity index is 2.25. The van der Waals surface area contributed by atoms with Crippen molar-refractivity contribution >= 4 is 62.2 Å². The number of esters is 1. The summed E-state index contributed by atoms with van der Waals surface area (Å²) in [5.74, 6) is -1.09. The number of thiophene rings is 1. The Morgan fingerprint density at radius 3 is 2.70 bits per heavy atom. The Kier molecular flexibility index (Phi) is 4.66. The Morgan fingerprint density at radius 1 is 1.45 bits per heavy atom. The van der Waals surface area contributed by atoms with Crippen LogP contribution in [-0.2, 0) is 14.3 Å². The molecule has 2 rings (SSSR count). The highest BCUT2D eigenvalue weighted by atomic mass is 79.9. The minimum Gasteiger partial charge on any atom is -0.467 e. The summed E-state index contributed by atoms with van der Waals surface area (Å²) in [5, 5.41) is -0.463. The van der Waals surface area contributed by atoms with Gasteiger partial charge in [0.25, 0.3) is 11.1 Å². The summed E-state index contributed by atoms with van der Waals surface area (Å²) in [6.45, 7) is 1.47. The smallest absolute Gasteiger partial charge is 0.328 e. The van der Waals surface area contributed by atoms with E-state index in [9.17, 15) is 14.4 Å². The van der Waals surface area contributed by atoms with Gasteiger partial charge in [0.15, 0.2) is 0 Å². The van der Waals surface area contributed by atoms with Gasteiger partial charge < -0.3 is 4.74 Å². The van der Waals surface area contributed by atoms with Crippen molar-refractivity contribution in [3.8, 4) is 0 Å². The zero-order valence-corrected chi connectivity index (χ0v) is 13.8. The third-order valence-corrected chi connectivity index (χ3v) is 5.07. The van der Waals surface area contributed by atoms with E-state index < -0.39 is 23.2 Å². The van der Waals surface area contributed by atoms with E-state index >= 15 is 0 Å². The fourth-order valence-electron chi connectivity index (χ4n) is 1.62. The predicted octanol–water partition coefficient (Wildman–Crippen LogP) is 3.11. The molecule has 1 aromatic heterocycles. The summed E-state index contributed by atoms with van der Waals surface area (Å²) < 4.78 is 5.50. The molecule has 106 valence electrons. The quantitative estimate of drug-likeness (QED) is 0.599. The van der Waals surface area contributed by atoms with Crippen molar-refractivity contribution < 1.29 is 19.1 Å². The van der Waals surface area contributed by atoms with Crippen LogP contribution in [0.1, 0.15) is 11.8 Å². The van der Waals surface area contributed by atoms with Crippen LogP contribution in [0.25, 0.3) is 6.08 Å². The van der Waals surface area contributed by atoms with Gasteiger partial charge in [-0.25, -0.2) is 4.79 Å². The molecule has 1 fully saturated rings. The van der Waals surface area contributed by atoms with E-state index in [4.69, 9.17) is 0 Å². The monoisotopic (exact) mass is 375 g/mol. The van der Waals surface area contributed by atoms with E-state index in [-0.39, 0.29) is 0 Å². The van der Waals surface area contributed by atoms with Crippen LogP contribution in [0.3, 0.4) is 0 Å². The van der Waals surface area contributed by atoms with Crippen LogP contribution in [-0.4, -0.2) is 35.2 Å². The molecule has 0 N–H and O–H groups in total. The lowest BCUT2D eigenvalue weighted by molar-refractivity contribution is -0.148. The Hall–Kier alpha value is -1.12. The van der Waals surface area contributed by atoms with Crippen molar-refractivity contribution in [3.63, 3.8) is 0 Å². The normalized spacial score (nSPS) is 18.8. The topological polar surface area (TPSA) is 63.7 Å². The minimum absolute atomic E-state index is 0.306. The van der Waals surface area contributed by atoms with Crippen molar-refractivity contribution in [2.45, 2.75) is 13.0 Å². The maximum absolute atomic E-state index is 12.2. The van der Waals surface area contributed by atoms with Gasteiger partial charge in [0.1, 0.15) is 6.04 Å². The first-order chi connectivity index (χ1) is 9.43. The fourth-order valence-corrected chi connectivity index (χ4v) is 3.97. The molecule has 0 aromatic carbocycles. The fraction of sp³-hybridized carbons (Fsp3) is 0.250. The van der Waals surface area contributed by atoms with Crippen molar-refractivity contribution in [1.29, 1.82) is 0 Å². The average Bonchev–Trinajstić information content (AvgIpc) is 2.93. The summed E-state index contributed by atoms with van der Waals surface area (Å²) in [4.78, 5) is 37.6. The van der Waals surface area contributed by atoms with Crippen LogP contribution < -0.4 is 0 Å². The first-order valence-electron chi connectivity index (χ1n) is 5.54. The first-order valence-corrected chi connectivity index (χ1v) is 7.97. The molecule has 0 spiro atoms. The van der Waals surface area contributed by atoms with Gasteiger partial charge in [-0.15, -0.1) is 11.3 Å². The molecule has 0 aliphatic carbocycles. The number of methoxy groups -OCH3 is 1. The van der Waals surface area contributed by atoms with Crippen LogP contribution in [0.4, 0.5) is 4.79 Å². The molecule has 5 nitrogen and oxygen atoms in total. The van der Waals surface area contributed by atoms with E-state index in [0.29, 0.717) is 4.91 Å². The van der Waals surface area contributed by atoms with E-state index in [1.165, 1.54) is 25.4 Å². The molecule has 1 aromatic rings. The van der Waals surface area contributed by atoms with Crippen LogP contribution in [0.2, 0.25) is 0 Å². The molecular weight excluding hydrogens is 366 g/mol. The van der Waals surface area contributed by atoms with Crippen molar-refractivity contribution in [1.82, 2.24) is 4.90 Å². The molecule has 1 atom stereocenters. The van der Waals surface area contributed by atoms with Crippen molar-refractivity contribution in [2.75, 3.05) is 7.11 Å². The number of halogens is 1. The number of nitrogens with zero attached hydrogens (tertiary/aromatic N) is 1. The minimum atomic E-state index is -0.923. The summed E-state index contributed by atoms with van der Waals surface area (Å²) in [7, 11) is 1.22. The number of imide groups is 1. The molecule has 0 bridgehead atoms. The summed E-state index contributed by atoms with van der Waals surface area (Å²) in [6.07, 6.45) is 1.64. The number of carbonyl (C=O) groups is 3. The second-order valence-corrected chi connectivity index (χ2v) is 7.38. The van der Waals surface area contributed by atoms with Gasteiger partial charge in [-0.3, -0.25) is 14.5 Å². The molecule has 1 saturated heterocycles. The van der Waals surface area contributed by atoms with Gasteiger partial charge in [0, 0.05) is 4.88 Å². The number of carbonyl (C=O) groups excluding carboxylic acids is 3. The molecule has 0 unspecified atom stereocenters. The Labute approximate surface area is 132 Å². The lowest BCUT2D eigenvalue weighted by Gasteiger charge is -2.18. The lowest BCUT2D eigenvalue weighted by atomic mass is 10.3. The van der Waals surface area contributed by atoms with Crippen LogP contribution in [0.5, 0.6) is 0 Å². The summed E-state index contributed by atoms with van der Waals surface area (Å²) >= 11 is 5.61. The van der Waals surface area contributed by atoms with Gasteiger partial charge in [0.2, 0.25) is 0 Å². The predicted molar refractivity (Wildman–Crippen MR) is 81.3 cm³/mol. The highest BCUT2D eigenvalue weighted by Gasteiger charge is 2.41. The van der Waals surface area contributed by atoms with Gasteiger partial charge in [-0.1, -0.05) is 0 Å². The molecule has 2 heterocycles. The van der Waals surface area contributed by atoms with Crippen molar-refractivity contribution in [2.24, 2.45) is 0 Å². The Bertz CT molecular complexity index is 610. The number of thioether (sulfide) groups is 1. The van der Waals surface area contributed by atoms with Crippen LogP contribution in [0, 0.1) is 0 Å². The van der Waals surface area contributed by atoms with Gasteiger partial charge >= 0.3 is 5.97 Å². The molecule has 20 heavy (non-hydrogen) atoms. The van der Waals surface area contributed by atoms with Crippen molar-refractivity contribution in [3.05, 3.63) is 25.7 Å². The largest absolute Gasteiger partial charge is 0.467 e. The molecule has 8 heteroatoms. The molecule has 2 amide bonds.